The van der Waals surface area contributed by atoms with Crippen LogP contribution in [0, 0.1) is 0 Å². The van der Waals surface area contributed by atoms with Crippen molar-refractivity contribution in [2.45, 2.75) is 11.8 Å². The van der Waals surface area contributed by atoms with E-state index in [4.69, 9.17) is 4.74 Å². The van der Waals surface area contributed by atoms with Crippen LogP contribution in [-0.4, -0.2) is 39.5 Å². The van der Waals surface area contributed by atoms with Gasteiger partial charge in [-0.2, -0.15) is 4.31 Å². The van der Waals surface area contributed by atoms with Crippen molar-refractivity contribution < 1.29 is 13.2 Å². The number of hydrogen-bond acceptors (Lipinski definition) is 3. The number of hydrogen-bond donors (Lipinski definition) is 0. The normalized spacial score (nSPS) is 11.9. The van der Waals surface area contributed by atoms with Gasteiger partial charge in [-0.15, -0.1) is 0 Å². The maximum Gasteiger partial charge on any atom is 0.243 e. The zero-order valence-electron chi connectivity index (χ0n) is 9.59. The van der Waals surface area contributed by atoms with Gasteiger partial charge >= 0.3 is 0 Å². The average molecular weight is 243 g/mol. The molecule has 0 aromatic heterocycles. The van der Waals surface area contributed by atoms with E-state index >= 15 is 0 Å². The Bertz CT molecular complexity index is 402. The van der Waals surface area contributed by atoms with Crippen molar-refractivity contribution in [2.24, 2.45) is 0 Å². The Hall–Kier alpha value is -0.910. The molecule has 0 bridgehead atoms. The lowest BCUT2D eigenvalue weighted by atomic mass is 10.4. The Morgan fingerprint density at radius 2 is 1.88 bits per heavy atom. The quantitative estimate of drug-likeness (QED) is 0.757. The summed E-state index contributed by atoms with van der Waals surface area (Å²) < 4.78 is 30.6. The van der Waals surface area contributed by atoms with Crippen LogP contribution in [0.25, 0.3) is 0 Å². The smallest absolute Gasteiger partial charge is 0.243 e. The fourth-order valence-electron chi connectivity index (χ4n) is 1.38. The van der Waals surface area contributed by atoms with Crippen molar-refractivity contribution in [3.8, 4) is 0 Å². The van der Waals surface area contributed by atoms with Gasteiger partial charge in [0.15, 0.2) is 0 Å². The van der Waals surface area contributed by atoms with E-state index < -0.39 is 10.0 Å². The monoisotopic (exact) mass is 243 g/mol. The number of benzene rings is 1. The van der Waals surface area contributed by atoms with Crippen LogP contribution in [0.2, 0.25) is 0 Å². The maximum absolute atomic E-state index is 12.1. The van der Waals surface area contributed by atoms with Gasteiger partial charge in [0.1, 0.15) is 0 Å². The van der Waals surface area contributed by atoms with E-state index in [1.165, 1.54) is 4.31 Å². The number of rotatable bonds is 6. The number of likely N-dealkylation sites (N-methyl/N-ethyl adjacent to an activating group) is 1. The number of sulfonamides is 1. The molecular formula is C11H17NO3S. The SMILES string of the molecule is CCN(CCOC)S(=O)(=O)c1ccccc1. The van der Waals surface area contributed by atoms with Crippen LogP contribution >= 0.6 is 0 Å². The summed E-state index contributed by atoms with van der Waals surface area (Å²) in [5.41, 5.74) is 0. The number of nitrogens with zero attached hydrogens (tertiary/aromatic N) is 1. The molecule has 1 aromatic rings. The summed E-state index contributed by atoms with van der Waals surface area (Å²) >= 11 is 0. The number of ether oxygens (including phenoxy) is 1. The average Bonchev–Trinajstić information content (AvgIpc) is 2.31. The standard InChI is InChI=1S/C11H17NO3S/c1-3-12(9-10-15-2)16(13,14)11-7-5-4-6-8-11/h4-8H,3,9-10H2,1-2H3. The molecule has 0 aliphatic rings. The lowest BCUT2D eigenvalue weighted by Crippen LogP contribution is -2.33. The summed E-state index contributed by atoms with van der Waals surface area (Å²) in [6, 6.07) is 8.44. The highest BCUT2D eigenvalue weighted by Gasteiger charge is 2.21. The minimum Gasteiger partial charge on any atom is -0.383 e. The molecule has 4 nitrogen and oxygen atoms in total. The van der Waals surface area contributed by atoms with Crippen molar-refractivity contribution in [1.29, 1.82) is 0 Å². The Labute approximate surface area is 96.9 Å². The van der Waals surface area contributed by atoms with Crippen molar-refractivity contribution in [2.75, 3.05) is 26.8 Å². The lowest BCUT2D eigenvalue weighted by Gasteiger charge is -2.19. The zero-order chi connectivity index (χ0) is 12.0. The van der Waals surface area contributed by atoms with Gasteiger partial charge in [-0.25, -0.2) is 8.42 Å². The third-order valence-corrected chi connectivity index (χ3v) is 4.27. The molecule has 0 fully saturated rings. The second-order valence-electron chi connectivity index (χ2n) is 3.30. The molecular weight excluding hydrogens is 226 g/mol. The van der Waals surface area contributed by atoms with Crippen LogP contribution in [-0.2, 0) is 14.8 Å². The van der Waals surface area contributed by atoms with Crippen molar-refractivity contribution in [3.63, 3.8) is 0 Å². The molecule has 0 aliphatic carbocycles. The van der Waals surface area contributed by atoms with Gasteiger partial charge in [-0.05, 0) is 12.1 Å². The topological polar surface area (TPSA) is 46.6 Å². The Kier molecular flexibility index (Phi) is 4.92. The van der Waals surface area contributed by atoms with Gasteiger partial charge in [-0.1, -0.05) is 25.1 Å². The minimum absolute atomic E-state index is 0.327. The van der Waals surface area contributed by atoms with Crippen LogP contribution < -0.4 is 0 Å². The van der Waals surface area contributed by atoms with Gasteiger partial charge in [0.05, 0.1) is 11.5 Å². The minimum atomic E-state index is -3.37. The molecule has 0 amide bonds. The summed E-state index contributed by atoms with van der Waals surface area (Å²) in [6.45, 7) is 3.04. The highest BCUT2D eigenvalue weighted by Crippen LogP contribution is 2.14. The van der Waals surface area contributed by atoms with Crippen molar-refractivity contribution in [1.82, 2.24) is 4.31 Å². The summed E-state index contributed by atoms with van der Waals surface area (Å²) in [5, 5.41) is 0. The van der Waals surface area contributed by atoms with Crippen LogP contribution in [0.3, 0.4) is 0 Å². The Morgan fingerprint density at radius 3 is 2.38 bits per heavy atom. The van der Waals surface area contributed by atoms with Gasteiger partial charge in [0.25, 0.3) is 0 Å². The Morgan fingerprint density at radius 1 is 1.25 bits per heavy atom. The van der Waals surface area contributed by atoms with E-state index in [9.17, 15) is 8.42 Å². The molecule has 1 rings (SSSR count). The van der Waals surface area contributed by atoms with Crippen LogP contribution in [0.5, 0.6) is 0 Å². The van der Waals surface area contributed by atoms with Crippen molar-refractivity contribution in [3.05, 3.63) is 30.3 Å². The molecule has 0 N–H and O–H groups in total. The fourth-order valence-corrected chi connectivity index (χ4v) is 2.84. The highest BCUT2D eigenvalue weighted by molar-refractivity contribution is 7.89. The third-order valence-electron chi connectivity index (χ3n) is 2.28. The molecule has 0 saturated carbocycles. The lowest BCUT2D eigenvalue weighted by molar-refractivity contribution is 0.180. The van der Waals surface area contributed by atoms with E-state index in [0.717, 1.165) is 0 Å². The van der Waals surface area contributed by atoms with Gasteiger partial charge in [-0.3, -0.25) is 0 Å². The first-order chi connectivity index (χ1) is 7.62. The van der Waals surface area contributed by atoms with Crippen molar-refractivity contribution >= 4 is 10.0 Å². The van der Waals surface area contributed by atoms with Gasteiger partial charge in [0.2, 0.25) is 10.0 Å². The molecule has 0 unspecified atom stereocenters. The molecule has 1 aromatic carbocycles. The van der Waals surface area contributed by atoms with Gasteiger partial charge in [0, 0.05) is 20.2 Å². The summed E-state index contributed by atoms with van der Waals surface area (Å²) in [5.74, 6) is 0. The molecule has 0 spiro atoms. The molecule has 5 heteroatoms. The Balaban J connectivity index is 2.91. The first-order valence-corrected chi connectivity index (χ1v) is 6.61. The third kappa shape index (κ3) is 3.04. The fraction of sp³-hybridized carbons (Fsp3) is 0.455. The summed E-state index contributed by atoms with van der Waals surface area (Å²) in [7, 11) is -1.81. The first-order valence-electron chi connectivity index (χ1n) is 5.17. The second-order valence-corrected chi connectivity index (χ2v) is 5.24. The molecule has 0 atom stereocenters. The zero-order valence-corrected chi connectivity index (χ0v) is 10.4. The predicted molar refractivity (Wildman–Crippen MR) is 62.8 cm³/mol. The molecule has 0 radical (unpaired) electrons. The maximum atomic E-state index is 12.1. The molecule has 0 saturated heterocycles. The predicted octanol–water partition coefficient (Wildman–Crippen LogP) is 1.34. The second kappa shape index (κ2) is 5.98. The van der Waals surface area contributed by atoms with E-state index in [2.05, 4.69) is 0 Å². The van der Waals surface area contributed by atoms with E-state index in [0.29, 0.717) is 24.6 Å². The van der Waals surface area contributed by atoms with Crippen LogP contribution in [0.4, 0.5) is 0 Å². The van der Waals surface area contributed by atoms with Gasteiger partial charge < -0.3 is 4.74 Å². The van der Waals surface area contributed by atoms with Crippen LogP contribution in [0.15, 0.2) is 35.2 Å². The summed E-state index contributed by atoms with van der Waals surface area (Å²) in [6.07, 6.45) is 0. The summed E-state index contributed by atoms with van der Waals surface area (Å²) in [4.78, 5) is 0.327. The molecule has 90 valence electrons. The number of methoxy groups -OCH3 is 1. The molecule has 16 heavy (non-hydrogen) atoms. The molecule has 0 aliphatic heterocycles. The highest BCUT2D eigenvalue weighted by atomic mass is 32.2. The van der Waals surface area contributed by atoms with E-state index in [-0.39, 0.29) is 0 Å². The van der Waals surface area contributed by atoms with E-state index in [1.54, 1.807) is 37.4 Å². The first kappa shape index (κ1) is 13.2. The molecule has 0 heterocycles. The van der Waals surface area contributed by atoms with E-state index in [1.807, 2.05) is 6.92 Å². The largest absolute Gasteiger partial charge is 0.383 e. The van der Waals surface area contributed by atoms with Crippen LogP contribution in [0.1, 0.15) is 6.92 Å².